The van der Waals surface area contributed by atoms with Crippen molar-refractivity contribution >= 4 is 34.8 Å². The van der Waals surface area contributed by atoms with Crippen molar-refractivity contribution in [3.05, 3.63) is 52.2 Å². The van der Waals surface area contributed by atoms with Crippen LogP contribution >= 0.6 is 11.6 Å². The highest BCUT2D eigenvalue weighted by atomic mass is 35.5. The minimum atomic E-state index is -0.941. The van der Waals surface area contributed by atoms with Gasteiger partial charge in [-0.2, -0.15) is 0 Å². The number of amides is 2. The molecule has 26 heavy (non-hydrogen) atoms. The first kappa shape index (κ1) is 17.0. The molecule has 0 spiro atoms. The van der Waals surface area contributed by atoms with Crippen LogP contribution < -0.4 is 5.32 Å². The van der Waals surface area contributed by atoms with Crippen molar-refractivity contribution in [1.29, 1.82) is 0 Å². The fraction of sp³-hybridized carbons (Fsp3) is 0.316. The Bertz CT molecular complexity index is 914. The lowest BCUT2D eigenvalue weighted by Gasteiger charge is -2.17. The number of hydrogen-bond acceptors (Lipinski definition) is 3. The molecule has 1 aromatic carbocycles. The molecule has 0 saturated carbocycles. The summed E-state index contributed by atoms with van der Waals surface area (Å²) in [4.78, 5) is 22.7. The Kier molecular flexibility index (Phi) is 4.36. The van der Waals surface area contributed by atoms with E-state index in [0.717, 1.165) is 22.4 Å². The van der Waals surface area contributed by atoms with E-state index in [0.29, 0.717) is 35.9 Å². The molecule has 7 heteroatoms. The Morgan fingerprint density at radius 3 is 3.00 bits per heavy atom. The predicted molar refractivity (Wildman–Crippen MR) is 100 cm³/mol. The van der Waals surface area contributed by atoms with E-state index in [2.05, 4.69) is 21.4 Å². The summed E-state index contributed by atoms with van der Waals surface area (Å²) in [6.45, 7) is 2.56. The van der Waals surface area contributed by atoms with Gasteiger partial charge in [-0.15, -0.1) is 0 Å². The molecule has 0 unspecified atom stereocenters. The minimum Gasteiger partial charge on any atom is -0.322 e. The summed E-state index contributed by atoms with van der Waals surface area (Å²) in [5, 5.41) is 3.38. The molecule has 2 aromatic rings. The van der Waals surface area contributed by atoms with E-state index in [9.17, 15) is 9.18 Å². The number of hydrogen-bond donors (Lipinski definition) is 1. The number of benzene rings is 1. The van der Waals surface area contributed by atoms with Gasteiger partial charge in [0.15, 0.2) is 5.82 Å². The summed E-state index contributed by atoms with van der Waals surface area (Å²) in [7, 11) is 0. The third kappa shape index (κ3) is 3.29. The first-order valence-electron chi connectivity index (χ1n) is 8.52. The van der Waals surface area contributed by atoms with Crippen molar-refractivity contribution < 1.29 is 9.18 Å². The number of aromatic nitrogens is 1. The highest BCUT2D eigenvalue weighted by Crippen LogP contribution is 2.31. The molecule has 5 nitrogen and oxygen atoms in total. The van der Waals surface area contributed by atoms with Gasteiger partial charge in [-0.1, -0.05) is 17.7 Å². The highest BCUT2D eigenvalue weighted by Gasteiger charge is 2.26. The summed E-state index contributed by atoms with van der Waals surface area (Å²) in [6.07, 6.45) is 1.89. The molecule has 1 aromatic heterocycles. The van der Waals surface area contributed by atoms with Crippen LogP contribution in [0.3, 0.4) is 0 Å². The van der Waals surface area contributed by atoms with Crippen LogP contribution in [0.25, 0.3) is 0 Å². The smallest absolute Gasteiger partial charge is 0.321 e. The number of alkyl halides is 1. The van der Waals surface area contributed by atoms with Crippen molar-refractivity contribution in [2.24, 2.45) is 4.99 Å². The number of nitrogens with one attached hydrogen (secondary N) is 1. The summed E-state index contributed by atoms with van der Waals surface area (Å²) in [5.74, 6) is 0.710. The highest BCUT2D eigenvalue weighted by molar-refractivity contribution is 6.34. The first-order chi connectivity index (χ1) is 12.5. The molecule has 2 amide bonds. The number of halogens is 2. The van der Waals surface area contributed by atoms with Crippen molar-refractivity contribution in [1.82, 2.24) is 9.88 Å². The van der Waals surface area contributed by atoms with Crippen LogP contribution in [-0.4, -0.2) is 40.9 Å². The van der Waals surface area contributed by atoms with Crippen LogP contribution in [0.1, 0.15) is 23.1 Å². The first-order valence-corrected chi connectivity index (χ1v) is 8.90. The number of likely N-dealkylation sites (tertiary alicyclic amines) is 1. The van der Waals surface area contributed by atoms with Crippen LogP contribution in [-0.2, 0) is 6.42 Å². The Labute approximate surface area is 155 Å². The maximum absolute atomic E-state index is 13.3. The fourth-order valence-corrected chi connectivity index (χ4v) is 3.51. The average molecular weight is 373 g/mol. The number of carbonyl (C=O) groups excluding carboxylic acids is 1. The maximum atomic E-state index is 13.3. The van der Waals surface area contributed by atoms with Gasteiger partial charge in [-0.05, 0) is 37.1 Å². The number of nitrogens with zero attached hydrogens (tertiary/aromatic N) is 3. The third-order valence-electron chi connectivity index (χ3n) is 4.62. The quantitative estimate of drug-likeness (QED) is 0.854. The molecule has 134 valence electrons. The Morgan fingerprint density at radius 2 is 2.23 bits per heavy atom. The number of urea groups is 1. The fourth-order valence-electron chi connectivity index (χ4n) is 3.29. The Morgan fingerprint density at radius 1 is 1.38 bits per heavy atom. The Balaban J connectivity index is 1.55. The largest absolute Gasteiger partial charge is 0.322 e. The molecule has 2 aliphatic heterocycles. The van der Waals surface area contributed by atoms with E-state index in [4.69, 9.17) is 11.6 Å². The van der Waals surface area contributed by atoms with Gasteiger partial charge >= 0.3 is 6.03 Å². The van der Waals surface area contributed by atoms with Crippen molar-refractivity contribution in [2.75, 3.05) is 18.4 Å². The van der Waals surface area contributed by atoms with Crippen molar-refractivity contribution in [3.8, 4) is 0 Å². The Hall–Kier alpha value is -2.47. The van der Waals surface area contributed by atoms with Crippen molar-refractivity contribution in [2.45, 2.75) is 25.9 Å². The average Bonchev–Trinajstić information content (AvgIpc) is 3.22. The van der Waals surface area contributed by atoms with Gasteiger partial charge in [0.25, 0.3) is 0 Å². The van der Waals surface area contributed by atoms with Crippen LogP contribution in [0, 0.1) is 6.92 Å². The van der Waals surface area contributed by atoms with Gasteiger partial charge in [0.2, 0.25) is 0 Å². The summed E-state index contributed by atoms with van der Waals surface area (Å²) in [5.41, 5.74) is 4.36. The third-order valence-corrected chi connectivity index (χ3v) is 4.95. The zero-order valence-corrected chi connectivity index (χ0v) is 15.1. The molecule has 0 aliphatic carbocycles. The molecule has 0 radical (unpaired) electrons. The predicted octanol–water partition coefficient (Wildman–Crippen LogP) is 4.30. The number of rotatable bonds is 2. The molecule has 0 bridgehead atoms. The SMILES string of the molecule is Cc1cnc2c(c1)CC(c1cc(NC(=O)N3CC[C@H](F)C3)ccc1Cl)=N2. The number of carbonyl (C=O) groups is 1. The van der Waals surface area contributed by atoms with Gasteiger partial charge in [0.1, 0.15) is 6.17 Å². The molecule has 1 fully saturated rings. The lowest BCUT2D eigenvalue weighted by Crippen LogP contribution is -2.33. The second-order valence-corrected chi connectivity index (χ2v) is 7.09. The maximum Gasteiger partial charge on any atom is 0.321 e. The summed E-state index contributed by atoms with van der Waals surface area (Å²) < 4.78 is 13.3. The van der Waals surface area contributed by atoms with Gasteiger partial charge < -0.3 is 10.2 Å². The molecule has 1 N–H and O–H groups in total. The number of aliphatic imine (C=N–C) groups is 1. The zero-order valence-electron chi connectivity index (χ0n) is 14.3. The molecule has 2 aliphatic rings. The molecule has 3 heterocycles. The lowest BCUT2D eigenvalue weighted by molar-refractivity contribution is 0.218. The standard InChI is InChI=1S/C19H18ClFN4O/c1-11-6-12-7-17(24-18(12)22-9-11)15-8-14(2-3-16(15)20)23-19(26)25-5-4-13(21)10-25/h2-3,6,8-9,13H,4-5,7,10H2,1H3,(H,23,26)/t13-/m0/s1. The molecular weight excluding hydrogens is 355 g/mol. The van der Waals surface area contributed by atoms with Crippen LogP contribution in [0.15, 0.2) is 35.5 Å². The normalized spacial score (nSPS) is 18.7. The van der Waals surface area contributed by atoms with Crippen LogP contribution in [0.2, 0.25) is 5.02 Å². The van der Waals surface area contributed by atoms with E-state index in [1.165, 1.54) is 4.90 Å². The number of aryl methyl sites for hydroxylation is 1. The van der Waals surface area contributed by atoms with E-state index in [-0.39, 0.29) is 12.6 Å². The number of fused-ring (bicyclic) bond motifs is 1. The van der Waals surface area contributed by atoms with Gasteiger partial charge in [0, 0.05) is 41.0 Å². The van der Waals surface area contributed by atoms with Crippen molar-refractivity contribution in [3.63, 3.8) is 0 Å². The van der Waals surface area contributed by atoms with Crippen LogP contribution in [0.5, 0.6) is 0 Å². The molecule has 1 atom stereocenters. The summed E-state index contributed by atoms with van der Waals surface area (Å²) >= 11 is 6.36. The van der Waals surface area contributed by atoms with E-state index in [1.807, 2.05) is 6.92 Å². The van der Waals surface area contributed by atoms with E-state index < -0.39 is 6.17 Å². The monoisotopic (exact) mass is 372 g/mol. The lowest BCUT2D eigenvalue weighted by atomic mass is 10.0. The molecule has 4 rings (SSSR count). The topological polar surface area (TPSA) is 57.6 Å². The summed E-state index contributed by atoms with van der Waals surface area (Å²) in [6, 6.07) is 7.04. The van der Waals surface area contributed by atoms with Gasteiger partial charge in [0.05, 0.1) is 12.3 Å². The van der Waals surface area contributed by atoms with Crippen LogP contribution in [0.4, 0.5) is 20.7 Å². The van der Waals surface area contributed by atoms with E-state index >= 15 is 0 Å². The number of pyridine rings is 1. The van der Waals surface area contributed by atoms with Gasteiger partial charge in [-0.3, -0.25) is 0 Å². The number of anilines is 1. The molecule has 1 saturated heterocycles. The van der Waals surface area contributed by atoms with Gasteiger partial charge in [-0.25, -0.2) is 19.2 Å². The zero-order chi connectivity index (χ0) is 18.3. The second kappa shape index (κ2) is 6.68. The minimum absolute atomic E-state index is 0.138. The second-order valence-electron chi connectivity index (χ2n) is 6.69. The molecular formula is C19H18ClFN4O. The van der Waals surface area contributed by atoms with E-state index in [1.54, 1.807) is 24.4 Å².